The van der Waals surface area contributed by atoms with Gasteiger partial charge in [-0.2, -0.15) is 0 Å². The Balaban J connectivity index is 0.00000523. The lowest BCUT2D eigenvalue weighted by Gasteiger charge is -2.39. The molecule has 304 valence electrons. The second kappa shape index (κ2) is 21.4. The van der Waals surface area contributed by atoms with Crippen molar-refractivity contribution in [3.05, 3.63) is 91.0 Å². The number of carbonyl (C=O) groups excluding carboxylic acids is 3. The monoisotopic (exact) mass is 812 g/mol. The molecular weight excluding hydrogens is 747 g/mol. The van der Waals surface area contributed by atoms with Crippen molar-refractivity contribution in [2.45, 2.75) is 79.7 Å². The predicted octanol–water partition coefficient (Wildman–Crippen LogP) is 8.62. The first-order chi connectivity index (χ1) is 25.1. The van der Waals surface area contributed by atoms with E-state index in [4.69, 9.17) is 13.1 Å². The van der Waals surface area contributed by atoms with Crippen LogP contribution in [0, 0.1) is 0 Å². The van der Waals surface area contributed by atoms with Crippen molar-refractivity contribution in [3.63, 3.8) is 0 Å². The number of quaternary nitrogens is 1. The molecule has 5 N–H and O–H groups in total. The molecule has 16 heteroatoms. The highest BCUT2D eigenvalue weighted by Crippen LogP contribution is 2.35. The second-order valence-electron chi connectivity index (χ2n) is 15.0. The number of urea groups is 3. The van der Waals surface area contributed by atoms with Gasteiger partial charge in [0.25, 0.3) is 0 Å². The molecule has 3 aromatic carbocycles. The summed E-state index contributed by atoms with van der Waals surface area (Å²) in [6.07, 6.45) is 0.838. The van der Waals surface area contributed by atoms with Crippen molar-refractivity contribution in [1.82, 2.24) is 15.7 Å². The van der Waals surface area contributed by atoms with Crippen LogP contribution in [0.1, 0.15) is 28.2 Å². The lowest BCUT2D eigenvalue weighted by Crippen LogP contribution is -2.59. The Morgan fingerprint density at radius 2 is 1.24 bits per heavy atom. The van der Waals surface area contributed by atoms with Crippen LogP contribution in [0.15, 0.2) is 91.0 Å². The minimum atomic E-state index is -2.68. The van der Waals surface area contributed by atoms with Gasteiger partial charge < -0.3 is 28.6 Å². The third-order valence-corrected chi connectivity index (χ3v) is 19.9. The highest BCUT2D eigenvalue weighted by atomic mass is 28.5. The molecule has 1 heterocycles. The highest BCUT2D eigenvalue weighted by molar-refractivity contribution is 6.87. The summed E-state index contributed by atoms with van der Waals surface area (Å²) < 4.78 is 13.9. The van der Waals surface area contributed by atoms with Crippen LogP contribution >= 0.6 is 0 Å². The smallest absolute Gasteiger partial charge is 0.422 e. The van der Waals surface area contributed by atoms with Crippen molar-refractivity contribution in [2.75, 3.05) is 54.9 Å². The standard InChI is InChI=1S/C37H57N7O6Si3.2CH4/c1-8-48-38-25-27-43(36(46)40-32-21-14-10-15-22-32)26-18-28-51(2,3)49-53(6,7)50-52(4,5)30-44(37(47)41-33-23-16-11-17-24-33)29-34(44)42-35(45)39-31-19-12-9-13-20-31;;/h9-17,19-24,34,38H,8,18,25-30H2,1-7H3,(H3-,39,40,41,42,45,46,47);2*1H4/p+1. The molecule has 0 radical (unpaired) electrons. The molecule has 0 aromatic heterocycles. The van der Waals surface area contributed by atoms with Crippen LogP contribution in [0.25, 0.3) is 0 Å². The molecule has 0 spiro atoms. The summed E-state index contributed by atoms with van der Waals surface area (Å²) >= 11 is 0. The molecular formula is C39H66N7O6Si3+. The maximum absolute atomic E-state index is 13.9. The molecule has 4 rings (SSSR count). The normalized spacial score (nSPS) is 16.5. The number of amides is 6. The largest absolute Gasteiger partial charge is 0.437 e. The summed E-state index contributed by atoms with van der Waals surface area (Å²) in [7, 11) is -7.48. The van der Waals surface area contributed by atoms with E-state index in [1.54, 1.807) is 4.90 Å². The van der Waals surface area contributed by atoms with E-state index in [-0.39, 0.29) is 37.4 Å². The maximum atomic E-state index is 13.9. The number of carbonyl (C=O) groups is 3. The SMILES string of the molecule is C.C.CCONCCN(CCC[Si](C)(C)O[Si](C)(C)O[Si](C)(C)C[N+]1(C(=O)Nc2ccccc2)CC1NC(=O)Nc1ccccc1)C(=O)Nc1ccccc1. The zero-order valence-corrected chi connectivity index (χ0v) is 35.2. The Morgan fingerprint density at radius 1 is 0.727 bits per heavy atom. The van der Waals surface area contributed by atoms with Gasteiger partial charge in [-0.05, 0) is 95.1 Å². The number of anilines is 3. The summed E-state index contributed by atoms with van der Waals surface area (Å²) in [6, 6.07) is 28.2. The molecule has 55 heavy (non-hydrogen) atoms. The second-order valence-corrected chi connectivity index (χ2v) is 27.3. The fourth-order valence-corrected chi connectivity index (χ4v) is 21.4. The topological polar surface area (TPSA) is 142 Å². The van der Waals surface area contributed by atoms with Gasteiger partial charge >= 0.3 is 26.7 Å². The number of rotatable bonds is 19. The highest BCUT2D eigenvalue weighted by Gasteiger charge is 2.65. The maximum Gasteiger partial charge on any atom is 0.422 e. The summed E-state index contributed by atoms with van der Waals surface area (Å²) in [5.41, 5.74) is 5.03. The quantitative estimate of drug-likeness (QED) is 0.0268. The number of nitrogens with one attached hydrogen (secondary N) is 5. The summed E-state index contributed by atoms with van der Waals surface area (Å²) in [4.78, 5) is 47.2. The van der Waals surface area contributed by atoms with E-state index in [0.29, 0.717) is 50.3 Å². The predicted molar refractivity (Wildman–Crippen MR) is 232 cm³/mol. The first-order valence-corrected chi connectivity index (χ1v) is 27.4. The Hall–Kier alpha value is -3.88. The number of nitrogens with zero attached hydrogens (tertiary/aromatic N) is 2. The molecule has 0 bridgehead atoms. The molecule has 3 aromatic rings. The number of benzene rings is 3. The van der Waals surface area contributed by atoms with Crippen molar-refractivity contribution in [2.24, 2.45) is 0 Å². The first kappa shape index (κ1) is 47.3. The molecule has 1 aliphatic heterocycles. The number of para-hydroxylation sites is 3. The minimum absolute atomic E-state index is 0. The summed E-state index contributed by atoms with van der Waals surface area (Å²) in [5, 5.41) is 12.0. The van der Waals surface area contributed by atoms with Crippen LogP contribution in [0.4, 0.5) is 31.4 Å². The molecule has 2 atom stereocenters. The van der Waals surface area contributed by atoms with Gasteiger partial charge in [0.2, 0.25) is 14.5 Å². The van der Waals surface area contributed by atoms with Crippen molar-refractivity contribution >= 4 is 60.4 Å². The average Bonchev–Trinajstić information content (AvgIpc) is 3.77. The van der Waals surface area contributed by atoms with Crippen LogP contribution in [-0.2, 0) is 13.1 Å². The Morgan fingerprint density at radius 3 is 1.78 bits per heavy atom. The third kappa shape index (κ3) is 15.6. The molecule has 0 saturated carbocycles. The fraction of sp³-hybridized carbons (Fsp3) is 0.462. The molecule has 2 unspecified atom stereocenters. The Kier molecular flexibility index (Phi) is 18.4. The van der Waals surface area contributed by atoms with Gasteiger partial charge in [-0.15, -0.1) is 0 Å². The lowest BCUT2D eigenvalue weighted by molar-refractivity contribution is -0.715. The van der Waals surface area contributed by atoms with Gasteiger partial charge in [-0.1, -0.05) is 69.5 Å². The van der Waals surface area contributed by atoms with E-state index in [2.05, 4.69) is 66.0 Å². The van der Waals surface area contributed by atoms with Crippen LogP contribution in [-0.4, -0.2) is 97.8 Å². The van der Waals surface area contributed by atoms with Gasteiger partial charge in [0, 0.05) is 36.7 Å². The molecule has 13 nitrogen and oxygen atoms in total. The molecule has 1 fully saturated rings. The van der Waals surface area contributed by atoms with Gasteiger partial charge in [0.15, 0.2) is 14.9 Å². The van der Waals surface area contributed by atoms with E-state index in [1.807, 2.05) is 97.9 Å². The number of hydrogen-bond acceptors (Lipinski definition) is 7. The Labute approximate surface area is 332 Å². The minimum Gasteiger partial charge on any atom is -0.437 e. The summed E-state index contributed by atoms with van der Waals surface area (Å²) in [5.74, 6) is 0. The molecule has 1 saturated heterocycles. The molecule has 6 amide bonds. The van der Waals surface area contributed by atoms with E-state index >= 15 is 0 Å². The van der Waals surface area contributed by atoms with Gasteiger partial charge in [0.1, 0.15) is 6.17 Å². The lowest BCUT2D eigenvalue weighted by atomic mass is 10.3. The number of hydroxylamine groups is 1. The first-order valence-electron chi connectivity index (χ1n) is 18.3. The van der Waals surface area contributed by atoms with Crippen molar-refractivity contribution in [1.29, 1.82) is 0 Å². The van der Waals surface area contributed by atoms with E-state index in [0.717, 1.165) is 18.2 Å². The van der Waals surface area contributed by atoms with Crippen molar-refractivity contribution in [3.8, 4) is 0 Å². The van der Waals surface area contributed by atoms with Crippen molar-refractivity contribution < 1.29 is 31.9 Å². The summed E-state index contributed by atoms with van der Waals surface area (Å²) in [6.45, 7) is 17.3. The van der Waals surface area contributed by atoms with Crippen LogP contribution in [0.5, 0.6) is 0 Å². The zero-order valence-electron chi connectivity index (χ0n) is 32.2. The fourth-order valence-electron chi connectivity index (χ4n) is 6.70. The van der Waals surface area contributed by atoms with Gasteiger partial charge in [0.05, 0.1) is 6.61 Å². The number of hydrogen-bond donors (Lipinski definition) is 5. The van der Waals surface area contributed by atoms with E-state index in [1.165, 1.54) is 0 Å². The van der Waals surface area contributed by atoms with Gasteiger partial charge in [-0.3, -0.25) is 10.6 Å². The third-order valence-electron chi connectivity index (χ3n) is 8.68. The average molecular weight is 813 g/mol. The van der Waals surface area contributed by atoms with Crippen LogP contribution in [0.2, 0.25) is 45.3 Å². The van der Waals surface area contributed by atoms with Gasteiger partial charge in [-0.25, -0.2) is 24.3 Å². The Bertz CT molecular complexity index is 1620. The molecule has 0 aliphatic carbocycles. The van der Waals surface area contributed by atoms with E-state index < -0.39 is 31.4 Å². The molecule has 1 aliphatic rings. The van der Waals surface area contributed by atoms with Crippen LogP contribution in [0.3, 0.4) is 0 Å². The van der Waals surface area contributed by atoms with E-state index in [9.17, 15) is 14.4 Å². The zero-order chi connectivity index (χ0) is 38.5. The van der Waals surface area contributed by atoms with Crippen LogP contribution < -0.4 is 26.7 Å².